The van der Waals surface area contributed by atoms with Gasteiger partial charge in [0, 0.05) is 42.0 Å². The molecule has 0 bridgehead atoms. The van der Waals surface area contributed by atoms with Crippen molar-refractivity contribution in [2.75, 3.05) is 18.5 Å². The van der Waals surface area contributed by atoms with Gasteiger partial charge in [-0.25, -0.2) is 13.8 Å². The molecule has 0 amide bonds. The molecule has 1 N–H and O–H groups in total. The number of hydrogen-bond acceptors (Lipinski definition) is 4. The molecule has 0 saturated heterocycles. The molecule has 10 heteroatoms. The van der Waals surface area contributed by atoms with Crippen molar-refractivity contribution in [1.29, 1.82) is 0 Å². The summed E-state index contributed by atoms with van der Waals surface area (Å²) in [6.45, 7) is -0.281. The van der Waals surface area contributed by atoms with Gasteiger partial charge in [0.15, 0.2) is 0 Å². The highest BCUT2D eigenvalue weighted by molar-refractivity contribution is 6.30. The van der Waals surface area contributed by atoms with Crippen LogP contribution in [0.1, 0.15) is 5.56 Å². The van der Waals surface area contributed by atoms with Crippen LogP contribution in [-0.2, 0) is 11.5 Å². The quantitative estimate of drug-likeness (QED) is 0.426. The number of aromatic nitrogens is 3. The van der Waals surface area contributed by atoms with Crippen LogP contribution >= 0.6 is 11.6 Å². The maximum atomic E-state index is 14.2. The van der Waals surface area contributed by atoms with Crippen LogP contribution in [0.25, 0.3) is 22.2 Å². The molecule has 166 valence electrons. The molecule has 32 heavy (non-hydrogen) atoms. The van der Waals surface area contributed by atoms with Gasteiger partial charge in [-0.15, -0.1) is 0 Å². The van der Waals surface area contributed by atoms with Crippen molar-refractivity contribution in [3.8, 4) is 11.1 Å². The van der Waals surface area contributed by atoms with E-state index in [1.54, 1.807) is 43.7 Å². The molecule has 0 aliphatic carbocycles. The first-order valence-corrected chi connectivity index (χ1v) is 9.98. The minimum Gasteiger partial charge on any atom is -0.368 e. The summed E-state index contributed by atoms with van der Waals surface area (Å²) < 4.78 is 40.8. The van der Waals surface area contributed by atoms with E-state index in [2.05, 4.69) is 14.9 Å². The highest BCUT2D eigenvalue weighted by atomic mass is 35.5. The first-order valence-electron chi connectivity index (χ1n) is 9.61. The highest BCUT2D eigenvalue weighted by Crippen LogP contribution is 2.29. The lowest BCUT2D eigenvalue weighted by Crippen LogP contribution is -2.26. The van der Waals surface area contributed by atoms with Gasteiger partial charge in [0.05, 0.1) is 30.0 Å². The van der Waals surface area contributed by atoms with E-state index in [9.17, 15) is 18.1 Å². The summed E-state index contributed by atoms with van der Waals surface area (Å²) in [6.07, 6.45) is 2.72. The minimum atomic E-state index is -2.08. The molecular formula is C22H18ClF3N4O2. The zero-order chi connectivity index (χ0) is 22.8. The Labute approximate surface area is 185 Å². The summed E-state index contributed by atoms with van der Waals surface area (Å²) in [5.41, 5.74) is 2.43. The number of fused-ring (bicyclic) bond motifs is 1. The fourth-order valence-corrected chi connectivity index (χ4v) is 3.64. The number of rotatable bonds is 7. The first-order chi connectivity index (χ1) is 15.4. The van der Waals surface area contributed by atoms with Crippen LogP contribution in [0, 0.1) is 5.82 Å². The Morgan fingerprint density at radius 1 is 1.31 bits per heavy atom. The molecule has 4 aromatic rings. The normalized spacial score (nSPS) is 12.3. The van der Waals surface area contributed by atoms with Gasteiger partial charge in [0.2, 0.25) is 0 Å². The second-order valence-electron chi connectivity index (χ2n) is 7.27. The summed E-state index contributed by atoms with van der Waals surface area (Å²) in [4.78, 5) is 24.7. The number of nitrogens with zero attached hydrogens (tertiary/aromatic N) is 3. The van der Waals surface area contributed by atoms with Gasteiger partial charge in [-0.05, 0) is 28.3 Å². The number of H-pyrrole nitrogens is 1. The van der Waals surface area contributed by atoms with E-state index in [0.717, 1.165) is 0 Å². The van der Waals surface area contributed by atoms with Gasteiger partial charge in [-0.2, -0.15) is 4.94 Å². The van der Waals surface area contributed by atoms with Crippen molar-refractivity contribution in [2.24, 2.45) is 0 Å². The van der Waals surface area contributed by atoms with Crippen molar-refractivity contribution < 1.29 is 18.2 Å². The number of hydrogen-bond donors (Lipinski definition) is 1. The molecular weight excluding hydrogens is 445 g/mol. The molecule has 0 aliphatic rings. The Kier molecular flexibility index (Phi) is 6.20. The third-order valence-corrected chi connectivity index (χ3v) is 5.44. The third-order valence-electron chi connectivity index (χ3n) is 5.15. The average molecular weight is 463 g/mol. The minimum absolute atomic E-state index is 0.00334. The molecule has 3 heterocycles. The van der Waals surface area contributed by atoms with E-state index in [1.807, 2.05) is 0 Å². The van der Waals surface area contributed by atoms with Gasteiger partial charge >= 0.3 is 0 Å². The summed E-state index contributed by atoms with van der Waals surface area (Å²) in [6, 6.07) is 9.57. The number of benzene rings is 1. The second kappa shape index (κ2) is 9.05. The van der Waals surface area contributed by atoms with Crippen LogP contribution in [-0.4, -0.2) is 34.5 Å². The smallest absolute Gasteiger partial charge is 0.253 e. The maximum absolute atomic E-state index is 14.2. The zero-order valence-electron chi connectivity index (χ0n) is 16.9. The number of pyridine rings is 2. The number of halogens is 4. The van der Waals surface area contributed by atoms with E-state index in [4.69, 9.17) is 11.6 Å². The lowest BCUT2D eigenvalue weighted by molar-refractivity contribution is -0.220. The van der Waals surface area contributed by atoms with E-state index in [1.165, 1.54) is 27.8 Å². The molecule has 3 aromatic heterocycles. The van der Waals surface area contributed by atoms with E-state index >= 15 is 0 Å². The SMILES string of the molecule is CN(CC(F)OF)c1cnc2[nH]cc(-c3ccn(Cc4cccc(Cl)c4F)c(=O)c3)c2c1. The molecule has 0 fully saturated rings. The first kappa shape index (κ1) is 21.9. The Morgan fingerprint density at radius 3 is 2.88 bits per heavy atom. The lowest BCUT2D eigenvalue weighted by atomic mass is 10.1. The molecule has 1 atom stereocenters. The van der Waals surface area contributed by atoms with Gasteiger partial charge in [0.25, 0.3) is 11.9 Å². The zero-order valence-corrected chi connectivity index (χ0v) is 17.6. The van der Waals surface area contributed by atoms with Gasteiger partial charge < -0.3 is 14.5 Å². The fraction of sp³-hybridized carbons (Fsp3) is 0.182. The topological polar surface area (TPSA) is 63.1 Å². The average Bonchev–Trinajstić information content (AvgIpc) is 3.21. The summed E-state index contributed by atoms with van der Waals surface area (Å²) in [5.74, 6) is -0.557. The molecule has 4 rings (SSSR count). The predicted octanol–water partition coefficient (Wildman–Crippen LogP) is 4.87. The van der Waals surface area contributed by atoms with Crippen molar-refractivity contribution in [2.45, 2.75) is 12.9 Å². The number of aromatic amines is 1. The van der Waals surface area contributed by atoms with Crippen molar-refractivity contribution >= 4 is 28.3 Å². The van der Waals surface area contributed by atoms with Crippen molar-refractivity contribution in [1.82, 2.24) is 14.5 Å². The highest BCUT2D eigenvalue weighted by Gasteiger charge is 2.15. The van der Waals surface area contributed by atoms with Crippen LogP contribution in [0.4, 0.5) is 19.0 Å². The Hall–Kier alpha value is -3.30. The number of alkyl halides is 1. The van der Waals surface area contributed by atoms with Crippen molar-refractivity contribution in [3.05, 3.63) is 81.7 Å². The van der Waals surface area contributed by atoms with Gasteiger partial charge in [0.1, 0.15) is 11.5 Å². The summed E-state index contributed by atoms with van der Waals surface area (Å²) >= 11 is 5.82. The Balaban J connectivity index is 1.65. The van der Waals surface area contributed by atoms with Crippen LogP contribution in [0.2, 0.25) is 5.02 Å². The lowest BCUT2D eigenvalue weighted by Gasteiger charge is -2.19. The van der Waals surface area contributed by atoms with Gasteiger partial charge in [-0.1, -0.05) is 23.7 Å². The van der Waals surface area contributed by atoms with E-state index in [-0.39, 0.29) is 23.7 Å². The number of likely N-dealkylation sites (N-methyl/N-ethyl adjacent to an activating group) is 1. The number of anilines is 1. The third kappa shape index (κ3) is 4.35. The van der Waals surface area contributed by atoms with Crippen LogP contribution in [0.15, 0.2) is 59.8 Å². The Bertz CT molecular complexity index is 1320. The standard InChI is InChI=1S/C22H18ClF3N4O2/c1-29(12-19(24)32-26)15-8-16-17(10-28-22(16)27-9-15)13-5-6-30(20(31)7-13)11-14-3-2-4-18(23)21(14)25/h2-10,19H,11-12H2,1H3,(H,27,28). The van der Waals surface area contributed by atoms with E-state index in [0.29, 0.717) is 33.4 Å². The van der Waals surface area contributed by atoms with Gasteiger partial charge in [-0.3, -0.25) is 4.79 Å². The molecule has 0 aliphatic heterocycles. The number of nitrogens with one attached hydrogen (secondary N) is 1. The Morgan fingerprint density at radius 2 is 2.12 bits per heavy atom. The summed E-state index contributed by atoms with van der Waals surface area (Å²) in [5, 5.41) is 0.695. The van der Waals surface area contributed by atoms with E-state index < -0.39 is 12.2 Å². The van der Waals surface area contributed by atoms with Crippen molar-refractivity contribution in [3.63, 3.8) is 0 Å². The second-order valence-corrected chi connectivity index (χ2v) is 7.67. The van der Waals surface area contributed by atoms with Crippen LogP contribution in [0.5, 0.6) is 0 Å². The monoisotopic (exact) mass is 462 g/mol. The predicted molar refractivity (Wildman–Crippen MR) is 117 cm³/mol. The van der Waals surface area contributed by atoms with Crippen LogP contribution in [0.3, 0.4) is 0 Å². The molecule has 1 aromatic carbocycles. The molecule has 6 nitrogen and oxygen atoms in total. The molecule has 0 spiro atoms. The molecule has 0 saturated carbocycles. The summed E-state index contributed by atoms with van der Waals surface area (Å²) in [7, 11) is 1.58. The maximum Gasteiger partial charge on any atom is 0.253 e. The fourth-order valence-electron chi connectivity index (χ4n) is 3.45. The largest absolute Gasteiger partial charge is 0.368 e. The van der Waals surface area contributed by atoms with Crippen LogP contribution < -0.4 is 10.5 Å². The molecule has 1 unspecified atom stereocenters. The molecule has 0 radical (unpaired) electrons.